The quantitative estimate of drug-likeness (QED) is 0.878. The van der Waals surface area contributed by atoms with Crippen LogP contribution in [0.25, 0.3) is 0 Å². The van der Waals surface area contributed by atoms with Crippen LogP contribution >= 0.6 is 0 Å². The van der Waals surface area contributed by atoms with Crippen LogP contribution in [0.15, 0.2) is 30.5 Å². The molecule has 1 aromatic carbocycles. The van der Waals surface area contributed by atoms with Gasteiger partial charge in [0.15, 0.2) is 0 Å². The summed E-state index contributed by atoms with van der Waals surface area (Å²) in [6.07, 6.45) is 5.31. The monoisotopic (exact) mass is 242 g/mol. The fourth-order valence-electron chi connectivity index (χ4n) is 2.70. The molecule has 18 heavy (non-hydrogen) atoms. The van der Waals surface area contributed by atoms with Crippen LogP contribution in [0, 0.1) is 0 Å². The lowest BCUT2D eigenvalue weighted by Gasteiger charge is -2.19. The van der Waals surface area contributed by atoms with Gasteiger partial charge in [0.25, 0.3) is 0 Å². The molecule has 3 nitrogen and oxygen atoms in total. The summed E-state index contributed by atoms with van der Waals surface area (Å²) in [5.74, 6) is 2.11. The fourth-order valence-corrected chi connectivity index (χ4v) is 2.70. The van der Waals surface area contributed by atoms with Crippen molar-refractivity contribution in [3.8, 4) is 5.75 Å². The van der Waals surface area contributed by atoms with Crippen LogP contribution in [-0.2, 0) is 13.0 Å². The maximum absolute atomic E-state index is 9.79. The Balaban J connectivity index is 1.88. The minimum atomic E-state index is 0.358. The third kappa shape index (κ3) is 2.01. The van der Waals surface area contributed by atoms with Gasteiger partial charge in [-0.3, -0.25) is 0 Å². The highest BCUT2D eigenvalue weighted by Crippen LogP contribution is 2.27. The van der Waals surface area contributed by atoms with Gasteiger partial charge in [0, 0.05) is 25.1 Å². The molecule has 1 aliphatic heterocycles. The summed E-state index contributed by atoms with van der Waals surface area (Å²) < 4.78 is 2.27. The lowest BCUT2D eigenvalue weighted by molar-refractivity contribution is 0.463. The topological polar surface area (TPSA) is 38.0 Å². The molecule has 1 aliphatic rings. The normalized spacial score (nSPS) is 18.6. The zero-order valence-corrected chi connectivity index (χ0v) is 10.6. The number of imidazole rings is 1. The van der Waals surface area contributed by atoms with Crippen molar-refractivity contribution in [3.63, 3.8) is 0 Å². The highest BCUT2D eigenvalue weighted by molar-refractivity contribution is 5.34. The van der Waals surface area contributed by atoms with E-state index in [1.165, 1.54) is 18.7 Å². The lowest BCUT2D eigenvalue weighted by Crippen LogP contribution is -2.12. The zero-order valence-electron chi connectivity index (χ0n) is 10.6. The second-order valence-corrected chi connectivity index (χ2v) is 5.13. The first-order valence-corrected chi connectivity index (χ1v) is 6.57. The fraction of sp³-hybridized carbons (Fsp3) is 0.400. The Kier molecular flexibility index (Phi) is 2.82. The van der Waals surface area contributed by atoms with Gasteiger partial charge >= 0.3 is 0 Å². The molecular weight excluding hydrogens is 224 g/mol. The molecule has 0 spiro atoms. The van der Waals surface area contributed by atoms with Crippen LogP contribution in [0.2, 0.25) is 0 Å². The van der Waals surface area contributed by atoms with Gasteiger partial charge < -0.3 is 9.67 Å². The molecule has 3 heteroatoms. The minimum Gasteiger partial charge on any atom is -0.508 e. The van der Waals surface area contributed by atoms with Crippen molar-refractivity contribution in [2.45, 2.75) is 38.6 Å². The second kappa shape index (κ2) is 4.48. The Morgan fingerprint density at radius 1 is 1.39 bits per heavy atom. The predicted octanol–water partition coefficient (Wildman–Crippen LogP) is 3.08. The third-order valence-corrected chi connectivity index (χ3v) is 3.70. The average molecular weight is 242 g/mol. The summed E-state index contributed by atoms with van der Waals surface area (Å²) in [6, 6.07) is 7.48. The van der Waals surface area contributed by atoms with E-state index in [1.807, 2.05) is 18.2 Å². The Labute approximate surface area is 107 Å². The molecular formula is C15H18N2O. The van der Waals surface area contributed by atoms with Gasteiger partial charge in [0.2, 0.25) is 0 Å². The minimum absolute atomic E-state index is 0.358. The molecule has 1 aromatic heterocycles. The van der Waals surface area contributed by atoms with E-state index in [0.29, 0.717) is 18.1 Å². The van der Waals surface area contributed by atoms with Crippen LogP contribution < -0.4 is 0 Å². The molecule has 0 saturated carbocycles. The van der Waals surface area contributed by atoms with Crippen molar-refractivity contribution < 1.29 is 5.11 Å². The molecule has 0 saturated heterocycles. The average Bonchev–Trinajstić information content (AvgIpc) is 2.76. The van der Waals surface area contributed by atoms with E-state index in [0.717, 1.165) is 17.8 Å². The zero-order chi connectivity index (χ0) is 12.5. The third-order valence-electron chi connectivity index (χ3n) is 3.70. The number of aryl methyl sites for hydroxylation is 1. The highest BCUT2D eigenvalue weighted by atomic mass is 16.3. The first-order valence-electron chi connectivity index (χ1n) is 6.57. The molecule has 0 fully saturated rings. The maximum atomic E-state index is 9.79. The number of hydrogen-bond acceptors (Lipinski definition) is 2. The van der Waals surface area contributed by atoms with Crippen molar-refractivity contribution in [2.75, 3.05) is 0 Å². The van der Waals surface area contributed by atoms with Crippen molar-refractivity contribution in [1.82, 2.24) is 9.55 Å². The van der Waals surface area contributed by atoms with Gasteiger partial charge in [-0.2, -0.15) is 0 Å². The Bertz CT molecular complexity index is 559. The maximum Gasteiger partial charge on any atom is 0.119 e. The number of phenols is 1. The number of aromatic nitrogens is 2. The molecule has 2 heterocycles. The van der Waals surface area contributed by atoms with Crippen LogP contribution in [0.5, 0.6) is 5.75 Å². The van der Waals surface area contributed by atoms with E-state index in [4.69, 9.17) is 4.98 Å². The molecule has 2 aromatic rings. The number of rotatable bonds is 2. The Hall–Kier alpha value is -1.77. The molecule has 1 unspecified atom stereocenters. The number of nitrogens with zero attached hydrogens (tertiary/aromatic N) is 2. The SMILES string of the molecule is CC1CCCn2cc(Cc3ccccc3O)nc21. The van der Waals surface area contributed by atoms with Crippen LogP contribution in [0.3, 0.4) is 0 Å². The molecule has 3 rings (SSSR count). The molecule has 1 N–H and O–H groups in total. The molecule has 0 amide bonds. The van der Waals surface area contributed by atoms with E-state index in [1.54, 1.807) is 6.07 Å². The van der Waals surface area contributed by atoms with Gasteiger partial charge in [-0.25, -0.2) is 4.98 Å². The summed E-state index contributed by atoms with van der Waals surface area (Å²) in [5.41, 5.74) is 2.00. The van der Waals surface area contributed by atoms with Gasteiger partial charge in [-0.05, 0) is 24.5 Å². The van der Waals surface area contributed by atoms with Crippen molar-refractivity contribution >= 4 is 0 Å². The highest BCUT2D eigenvalue weighted by Gasteiger charge is 2.19. The van der Waals surface area contributed by atoms with Crippen LogP contribution in [0.4, 0.5) is 0 Å². The Morgan fingerprint density at radius 3 is 3.00 bits per heavy atom. The summed E-state index contributed by atoms with van der Waals surface area (Å²) in [5, 5.41) is 9.79. The van der Waals surface area contributed by atoms with Crippen molar-refractivity contribution in [1.29, 1.82) is 0 Å². The molecule has 1 atom stereocenters. The lowest BCUT2D eigenvalue weighted by atomic mass is 10.0. The number of benzene rings is 1. The van der Waals surface area contributed by atoms with Crippen LogP contribution in [-0.4, -0.2) is 14.7 Å². The number of fused-ring (bicyclic) bond motifs is 1. The van der Waals surface area contributed by atoms with Gasteiger partial charge in [0.05, 0.1) is 5.69 Å². The van der Waals surface area contributed by atoms with E-state index >= 15 is 0 Å². The number of aromatic hydroxyl groups is 1. The number of hydrogen-bond donors (Lipinski definition) is 1. The smallest absolute Gasteiger partial charge is 0.119 e. The first-order chi connectivity index (χ1) is 8.74. The molecule has 0 aliphatic carbocycles. The summed E-state index contributed by atoms with van der Waals surface area (Å²) in [4.78, 5) is 4.72. The van der Waals surface area contributed by atoms with Gasteiger partial charge in [-0.1, -0.05) is 25.1 Å². The molecule has 94 valence electrons. The van der Waals surface area contributed by atoms with Gasteiger partial charge in [0.1, 0.15) is 11.6 Å². The van der Waals surface area contributed by atoms with Crippen molar-refractivity contribution in [3.05, 3.63) is 47.5 Å². The van der Waals surface area contributed by atoms with Crippen LogP contribution in [0.1, 0.15) is 42.8 Å². The van der Waals surface area contributed by atoms with E-state index < -0.39 is 0 Å². The Morgan fingerprint density at radius 2 is 2.22 bits per heavy atom. The van der Waals surface area contributed by atoms with Gasteiger partial charge in [-0.15, -0.1) is 0 Å². The predicted molar refractivity (Wildman–Crippen MR) is 70.8 cm³/mol. The summed E-state index contributed by atoms with van der Waals surface area (Å²) in [7, 11) is 0. The first kappa shape index (κ1) is 11.3. The second-order valence-electron chi connectivity index (χ2n) is 5.13. The molecule has 0 bridgehead atoms. The van der Waals surface area contributed by atoms with E-state index in [9.17, 15) is 5.11 Å². The molecule has 0 radical (unpaired) electrons. The summed E-state index contributed by atoms with van der Waals surface area (Å²) >= 11 is 0. The number of para-hydroxylation sites is 1. The largest absolute Gasteiger partial charge is 0.508 e. The van der Waals surface area contributed by atoms with Crippen molar-refractivity contribution in [2.24, 2.45) is 0 Å². The standard InChI is InChI=1S/C15H18N2O/c1-11-5-4-8-17-10-13(16-15(11)17)9-12-6-2-3-7-14(12)18/h2-3,6-7,10-11,18H,4-5,8-9H2,1H3. The van der Waals surface area contributed by atoms with E-state index in [-0.39, 0.29) is 0 Å². The summed E-state index contributed by atoms with van der Waals surface area (Å²) in [6.45, 7) is 3.31. The number of phenolic OH excluding ortho intramolecular Hbond substituents is 1. The van der Waals surface area contributed by atoms with E-state index in [2.05, 4.69) is 17.7 Å².